The summed E-state index contributed by atoms with van der Waals surface area (Å²) in [6.45, 7) is 0. The summed E-state index contributed by atoms with van der Waals surface area (Å²) in [5, 5.41) is 9.92. The maximum absolute atomic E-state index is 2.25. The molecule has 0 N–H and O–H groups in total. The van der Waals surface area contributed by atoms with Crippen LogP contribution in [0.5, 0.6) is 0 Å². The first-order valence-corrected chi connectivity index (χ1v) is 7.62. The Kier molecular flexibility index (Phi) is 2.25. The van der Waals surface area contributed by atoms with Gasteiger partial charge in [-0.3, -0.25) is 0 Å². The number of thiophene rings is 2. The van der Waals surface area contributed by atoms with Crippen molar-refractivity contribution in [2.24, 2.45) is 0 Å². The van der Waals surface area contributed by atoms with Gasteiger partial charge in [-0.1, -0.05) is 48.5 Å². The van der Waals surface area contributed by atoms with Gasteiger partial charge >= 0.3 is 0 Å². The molecule has 0 unspecified atom stereocenters. The van der Waals surface area contributed by atoms with E-state index in [-0.39, 0.29) is 0 Å². The fraction of sp³-hybridized carbons (Fsp3) is 0. The van der Waals surface area contributed by atoms with E-state index in [0.29, 0.717) is 0 Å². The van der Waals surface area contributed by atoms with Crippen LogP contribution in [0.25, 0.3) is 31.3 Å². The van der Waals surface area contributed by atoms with Gasteiger partial charge in [0.1, 0.15) is 0 Å². The monoisotopic (exact) mass is 266 g/mol. The van der Waals surface area contributed by atoms with Gasteiger partial charge in [0.25, 0.3) is 0 Å². The number of fused-ring (bicyclic) bond motifs is 2. The maximum Gasteiger partial charge on any atom is 0.0527 e. The van der Waals surface area contributed by atoms with Crippen molar-refractivity contribution in [3.63, 3.8) is 0 Å². The molecule has 0 aliphatic rings. The minimum atomic E-state index is 1.34. The standard InChI is InChI=1S/C16H10S2/c1-3-7-13-11(5-1)9-17-15(13)16-14-8-4-2-6-12(14)10-18-16/h1-10H. The summed E-state index contributed by atoms with van der Waals surface area (Å²) in [5.74, 6) is 0. The zero-order chi connectivity index (χ0) is 11.9. The Hall–Kier alpha value is -1.64. The van der Waals surface area contributed by atoms with E-state index in [4.69, 9.17) is 0 Å². The molecule has 18 heavy (non-hydrogen) atoms. The van der Waals surface area contributed by atoms with Gasteiger partial charge in [0.2, 0.25) is 0 Å². The van der Waals surface area contributed by atoms with Crippen molar-refractivity contribution in [1.82, 2.24) is 0 Å². The second kappa shape index (κ2) is 3.94. The molecule has 0 radical (unpaired) electrons. The van der Waals surface area contributed by atoms with E-state index in [1.165, 1.54) is 31.3 Å². The average molecular weight is 266 g/mol. The van der Waals surface area contributed by atoms with Crippen LogP contribution in [0, 0.1) is 0 Å². The number of benzene rings is 2. The number of rotatable bonds is 1. The van der Waals surface area contributed by atoms with Crippen LogP contribution in [0.3, 0.4) is 0 Å². The highest BCUT2D eigenvalue weighted by molar-refractivity contribution is 7.22. The van der Waals surface area contributed by atoms with Crippen LogP contribution in [-0.4, -0.2) is 0 Å². The molecule has 0 spiro atoms. The van der Waals surface area contributed by atoms with Crippen molar-refractivity contribution < 1.29 is 0 Å². The first kappa shape index (κ1) is 10.3. The van der Waals surface area contributed by atoms with E-state index in [9.17, 15) is 0 Å². The highest BCUT2D eigenvalue weighted by Gasteiger charge is 2.11. The number of hydrogen-bond donors (Lipinski definition) is 0. The summed E-state index contributed by atoms with van der Waals surface area (Å²) in [6.07, 6.45) is 0. The summed E-state index contributed by atoms with van der Waals surface area (Å²) in [5.41, 5.74) is 0. The third-order valence-electron chi connectivity index (χ3n) is 3.22. The Morgan fingerprint density at radius 3 is 1.50 bits per heavy atom. The smallest absolute Gasteiger partial charge is 0.0527 e. The minimum Gasteiger partial charge on any atom is -0.142 e. The lowest BCUT2D eigenvalue weighted by atomic mass is 10.1. The summed E-state index contributed by atoms with van der Waals surface area (Å²) in [7, 11) is 0. The zero-order valence-corrected chi connectivity index (χ0v) is 11.2. The number of hydrogen-bond acceptors (Lipinski definition) is 2. The Morgan fingerprint density at radius 1 is 0.556 bits per heavy atom. The van der Waals surface area contributed by atoms with Crippen molar-refractivity contribution in [2.75, 3.05) is 0 Å². The van der Waals surface area contributed by atoms with Crippen LogP contribution in [0.1, 0.15) is 0 Å². The summed E-state index contributed by atoms with van der Waals surface area (Å²) in [4.78, 5) is 2.80. The Bertz CT molecular complexity index is 764. The Morgan fingerprint density at radius 2 is 1.00 bits per heavy atom. The van der Waals surface area contributed by atoms with E-state index in [2.05, 4.69) is 59.3 Å². The molecule has 2 heterocycles. The van der Waals surface area contributed by atoms with Crippen LogP contribution in [0.4, 0.5) is 0 Å². The lowest BCUT2D eigenvalue weighted by Gasteiger charge is -1.97. The van der Waals surface area contributed by atoms with Crippen LogP contribution in [-0.2, 0) is 0 Å². The quantitative estimate of drug-likeness (QED) is 0.409. The fourth-order valence-electron chi connectivity index (χ4n) is 2.34. The van der Waals surface area contributed by atoms with E-state index in [1.54, 1.807) is 0 Å². The van der Waals surface area contributed by atoms with Gasteiger partial charge in [0, 0.05) is 10.8 Å². The van der Waals surface area contributed by atoms with Crippen molar-refractivity contribution in [3.05, 3.63) is 59.3 Å². The molecular weight excluding hydrogens is 256 g/mol. The molecule has 2 aromatic carbocycles. The fourth-order valence-corrected chi connectivity index (χ4v) is 4.59. The first-order chi connectivity index (χ1) is 8.93. The third-order valence-corrected chi connectivity index (χ3v) is 5.42. The van der Waals surface area contributed by atoms with Crippen LogP contribution >= 0.6 is 22.7 Å². The molecule has 0 atom stereocenters. The van der Waals surface area contributed by atoms with Gasteiger partial charge in [-0.25, -0.2) is 0 Å². The van der Waals surface area contributed by atoms with Crippen molar-refractivity contribution in [3.8, 4) is 9.75 Å². The van der Waals surface area contributed by atoms with Crippen molar-refractivity contribution in [1.29, 1.82) is 0 Å². The molecule has 4 aromatic rings. The normalized spacial score (nSPS) is 11.3. The minimum absolute atomic E-state index is 1.34. The molecule has 0 fully saturated rings. The molecule has 0 aliphatic heterocycles. The molecule has 0 bridgehead atoms. The molecule has 0 saturated heterocycles. The topological polar surface area (TPSA) is 0 Å². The summed E-state index contributed by atoms with van der Waals surface area (Å²) >= 11 is 3.69. The molecule has 0 nitrogen and oxygen atoms in total. The lowest BCUT2D eigenvalue weighted by Crippen LogP contribution is -1.70. The highest BCUT2D eigenvalue weighted by atomic mass is 32.1. The molecule has 2 heteroatoms. The Labute approximate surface area is 113 Å². The van der Waals surface area contributed by atoms with Gasteiger partial charge in [-0.15, -0.1) is 22.7 Å². The van der Waals surface area contributed by atoms with E-state index >= 15 is 0 Å². The van der Waals surface area contributed by atoms with Crippen molar-refractivity contribution in [2.45, 2.75) is 0 Å². The largest absolute Gasteiger partial charge is 0.142 e. The van der Waals surface area contributed by atoms with Crippen LogP contribution in [0.2, 0.25) is 0 Å². The van der Waals surface area contributed by atoms with Crippen molar-refractivity contribution >= 4 is 44.2 Å². The lowest BCUT2D eigenvalue weighted by molar-refractivity contribution is 1.83. The maximum atomic E-state index is 2.25. The molecular formula is C16H10S2. The Balaban J connectivity index is 2.08. The zero-order valence-electron chi connectivity index (χ0n) is 9.59. The summed E-state index contributed by atoms with van der Waals surface area (Å²) < 4.78 is 0. The highest BCUT2D eigenvalue weighted by Crippen LogP contribution is 2.42. The molecule has 0 aliphatic carbocycles. The average Bonchev–Trinajstić information content (AvgIpc) is 3.01. The third kappa shape index (κ3) is 1.43. The van der Waals surface area contributed by atoms with Gasteiger partial charge in [0.05, 0.1) is 9.75 Å². The first-order valence-electron chi connectivity index (χ1n) is 5.86. The molecule has 2 aromatic heterocycles. The van der Waals surface area contributed by atoms with E-state index in [0.717, 1.165) is 0 Å². The molecule has 86 valence electrons. The van der Waals surface area contributed by atoms with Crippen LogP contribution < -0.4 is 0 Å². The molecule has 0 amide bonds. The van der Waals surface area contributed by atoms with E-state index in [1.807, 2.05) is 22.7 Å². The van der Waals surface area contributed by atoms with E-state index < -0.39 is 0 Å². The second-order valence-electron chi connectivity index (χ2n) is 4.30. The summed E-state index contributed by atoms with van der Waals surface area (Å²) in [6, 6.07) is 17.3. The SMILES string of the molecule is c1ccc2c(-c3scc4ccccc34)scc2c1. The van der Waals surface area contributed by atoms with Crippen LogP contribution in [0.15, 0.2) is 59.3 Å². The van der Waals surface area contributed by atoms with Gasteiger partial charge in [-0.2, -0.15) is 0 Å². The van der Waals surface area contributed by atoms with Gasteiger partial charge < -0.3 is 0 Å². The van der Waals surface area contributed by atoms with Gasteiger partial charge in [0.15, 0.2) is 0 Å². The molecule has 4 rings (SSSR count). The molecule has 0 saturated carbocycles. The predicted octanol–water partition coefficient (Wildman–Crippen LogP) is 5.78. The van der Waals surface area contributed by atoms with Gasteiger partial charge in [-0.05, 0) is 21.5 Å². The predicted molar refractivity (Wildman–Crippen MR) is 82.6 cm³/mol. The second-order valence-corrected chi connectivity index (χ2v) is 6.06.